The van der Waals surface area contributed by atoms with Crippen LogP contribution in [0.1, 0.15) is 12.8 Å². The third-order valence-corrected chi connectivity index (χ3v) is 6.23. The number of carbonyl (C=O) groups excluding carboxylic acids is 2. The fourth-order valence-corrected chi connectivity index (χ4v) is 4.25. The number of rotatable bonds is 5. The summed E-state index contributed by atoms with van der Waals surface area (Å²) in [5, 5.41) is 0.723. The Labute approximate surface area is 188 Å². The van der Waals surface area contributed by atoms with Gasteiger partial charge in [-0.05, 0) is 36.4 Å². The fourth-order valence-electron chi connectivity index (χ4n) is 4.12. The summed E-state index contributed by atoms with van der Waals surface area (Å²) in [6.45, 7) is 5.81. The lowest BCUT2D eigenvalue weighted by Gasteiger charge is -2.37. The summed E-state index contributed by atoms with van der Waals surface area (Å²) < 4.78 is 0. The van der Waals surface area contributed by atoms with E-state index < -0.39 is 0 Å². The molecular formula is C23H28ClN5O2. The molecule has 2 fully saturated rings. The average molecular weight is 442 g/mol. The van der Waals surface area contributed by atoms with Crippen LogP contribution >= 0.6 is 11.6 Å². The van der Waals surface area contributed by atoms with Crippen LogP contribution in [0, 0.1) is 0 Å². The monoisotopic (exact) mass is 441 g/mol. The molecule has 3 heterocycles. The van der Waals surface area contributed by atoms with Gasteiger partial charge in [0.15, 0.2) is 0 Å². The van der Waals surface area contributed by atoms with Crippen LogP contribution in [0.15, 0.2) is 48.7 Å². The summed E-state index contributed by atoms with van der Waals surface area (Å²) in [5.41, 5.74) is 1.12. The Kier molecular flexibility index (Phi) is 6.92. The summed E-state index contributed by atoms with van der Waals surface area (Å²) in [7, 11) is 0. The van der Waals surface area contributed by atoms with E-state index in [9.17, 15) is 9.59 Å². The molecule has 2 aliphatic rings. The van der Waals surface area contributed by atoms with Crippen molar-refractivity contribution >= 4 is 34.9 Å². The standard InChI is InChI=1S/C23H28ClN5O2/c24-19-4-6-20(7-5-19)26-11-15-28(16-12-26)22(30)8-9-23(31)29-17-13-27(14-18-29)21-3-1-2-10-25-21/h1-7,10H,8-9,11-18H2. The van der Waals surface area contributed by atoms with E-state index in [4.69, 9.17) is 11.6 Å². The van der Waals surface area contributed by atoms with Gasteiger partial charge in [-0.15, -0.1) is 0 Å². The second-order valence-electron chi connectivity index (χ2n) is 7.90. The number of anilines is 2. The number of amides is 2. The molecule has 0 N–H and O–H groups in total. The molecule has 31 heavy (non-hydrogen) atoms. The summed E-state index contributed by atoms with van der Waals surface area (Å²) in [6, 6.07) is 13.6. The molecule has 0 unspecified atom stereocenters. The number of nitrogens with zero attached hydrogens (tertiary/aromatic N) is 5. The first kappa shape index (κ1) is 21.4. The highest BCUT2D eigenvalue weighted by Crippen LogP contribution is 2.20. The SMILES string of the molecule is O=C(CCC(=O)N1CCN(c2ccccn2)CC1)N1CCN(c2ccc(Cl)cc2)CC1. The summed E-state index contributed by atoms with van der Waals surface area (Å²) in [5.74, 6) is 1.08. The van der Waals surface area contributed by atoms with Gasteiger partial charge in [0.05, 0.1) is 0 Å². The lowest BCUT2D eigenvalue weighted by Crippen LogP contribution is -2.50. The number of benzene rings is 1. The third-order valence-electron chi connectivity index (χ3n) is 5.98. The number of halogens is 1. The van der Waals surface area contributed by atoms with Gasteiger partial charge in [0.2, 0.25) is 11.8 Å². The predicted octanol–water partition coefficient (Wildman–Crippen LogP) is 2.51. The number of carbonyl (C=O) groups is 2. The van der Waals surface area contributed by atoms with Crippen LogP contribution in [0.2, 0.25) is 5.02 Å². The predicted molar refractivity (Wildman–Crippen MR) is 123 cm³/mol. The van der Waals surface area contributed by atoms with Crippen molar-refractivity contribution in [2.75, 3.05) is 62.2 Å². The van der Waals surface area contributed by atoms with Crippen LogP contribution in [0.5, 0.6) is 0 Å². The minimum absolute atomic E-state index is 0.0637. The van der Waals surface area contributed by atoms with Crippen molar-refractivity contribution in [3.05, 3.63) is 53.7 Å². The second kappa shape index (κ2) is 10.0. The van der Waals surface area contributed by atoms with Crippen LogP contribution < -0.4 is 9.80 Å². The van der Waals surface area contributed by atoms with E-state index in [0.717, 1.165) is 42.7 Å². The first-order valence-corrected chi connectivity index (χ1v) is 11.2. The molecule has 2 aromatic rings. The third kappa shape index (κ3) is 5.47. The Morgan fingerprint density at radius 3 is 1.81 bits per heavy atom. The number of hydrogen-bond acceptors (Lipinski definition) is 5. The largest absolute Gasteiger partial charge is 0.368 e. The average Bonchev–Trinajstić information content (AvgIpc) is 2.83. The van der Waals surface area contributed by atoms with Crippen molar-refractivity contribution in [2.45, 2.75) is 12.8 Å². The Morgan fingerprint density at radius 1 is 0.742 bits per heavy atom. The van der Waals surface area contributed by atoms with Crippen LogP contribution in [0.4, 0.5) is 11.5 Å². The second-order valence-corrected chi connectivity index (χ2v) is 8.34. The molecule has 0 atom stereocenters. The van der Waals surface area contributed by atoms with E-state index in [0.29, 0.717) is 26.2 Å². The zero-order chi connectivity index (χ0) is 21.6. The van der Waals surface area contributed by atoms with Crippen molar-refractivity contribution in [3.63, 3.8) is 0 Å². The van der Waals surface area contributed by atoms with Gasteiger partial charge in [-0.3, -0.25) is 9.59 Å². The van der Waals surface area contributed by atoms with Crippen molar-refractivity contribution in [1.29, 1.82) is 0 Å². The van der Waals surface area contributed by atoms with Crippen molar-refractivity contribution in [3.8, 4) is 0 Å². The number of pyridine rings is 1. The van der Waals surface area contributed by atoms with Gasteiger partial charge in [0.1, 0.15) is 5.82 Å². The minimum Gasteiger partial charge on any atom is -0.368 e. The molecule has 0 spiro atoms. The Balaban J connectivity index is 1.18. The molecule has 4 rings (SSSR count). The van der Waals surface area contributed by atoms with Crippen LogP contribution in [-0.2, 0) is 9.59 Å². The van der Waals surface area contributed by atoms with E-state index in [2.05, 4.69) is 14.8 Å². The van der Waals surface area contributed by atoms with E-state index >= 15 is 0 Å². The molecule has 0 saturated carbocycles. The smallest absolute Gasteiger partial charge is 0.223 e. The van der Waals surface area contributed by atoms with Crippen LogP contribution in [0.3, 0.4) is 0 Å². The van der Waals surface area contributed by atoms with E-state index in [1.807, 2.05) is 52.3 Å². The Hall–Kier alpha value is -2.80. The highest BCUT2D eigenvalue weighted by molar-refractivity contribution is 6.30. The zero-order valence-electron chi connectivity index (χ0n) is 17.6. The highest BCUT2D eigenvalue weighted by Gasteiger charge is 2.25. The molecule has 2 aliphatic heterocycles. The molecule has 0 aliphatic carbocycles. The van der Waals surface area contributed by atoms with Crippen molar-refractivity contribution < 1.29 is 9.59 Å². The number of aromatic nitrogens is 1. The molecule has 164 valence electrons. The van der Waals surface area contributed by atoms with Gasteiger partial charge in [-0.2, -0.15) is 0 Å². The van der Waals surface area contributed by atoms with Gasteiger partial charge in [-0.25, -0.2) is 4.98 Å². The van der Waals surface area contributed by atoms with Crippen molar-refractivity contribution in [1.82, 2.24) is 14.8 Å². The fraction of sp³-hybridized carbons (Fsp3) is 0.435. The maximum Gasteiger partial charge on any atom is 0.223 e. The van der Waals surface area contributed by atoms with Crippen LogP contribution in [0.25, 0.3) is 0 Å². The molecule has 0 bridgehead atoms. The summed E-state index contributed by atoms with van der Waals surface area (Å²) in [4.78, 5) is 37.8. The molecule has 1 aromatic carbocycles. The molecule has 0 radical (unpaired) electrons. The highest BCUT2D eigenvalue weighted by atomic mass is 35.5. The first-order valence-electron chi connectivity index (χ1n) is 10.8. The Morgan fingerprint density at radius 2 is 1.29 bits per heavy atom. The first-order chi connectivity index (χ1) is 15.1. The topological polar surface area (TPSA) is 60.0 Å². The number of piperazine rings is 2. The maximum atomic E-state index is 12.6. The van der Waals surface area contributed by atoms with Gasteiger partial charge in [-0.1, -0.05) is 17.7 Å². The lowest BCUT2D eigenvalue weighted by atomic mass is 10.2. The Bertz CT molecular complexity index is 877. The molecule has 2 saturated heterocycles. The normalized spacial score (nSPS) is 17.1. The molecule has 8 heteroatoms. The number of hydrogen-bond donors (Lipinski definition) is 0. The van der Waals surface area contributed by atoms with E-state index in [-0.39, 0.29) is 24.7 Å². The maximum absolute atomic E-state index is 12.6. The van der Waals surface area contributed by atoms with E-state index in [1.165, 1.54) is 0 Å². The van der Waals surface area contributed by atoms with Crippen LogP contribution in [-0.4, -0.2) is 79.0 Å². The van der Waals surface area contributed by atoms with Gasteiger partial charge in [0, 0.05) is 82.1 Å². The van der Waals surface area contributed by atoms with Gasteiger partial charge < -0.3 is 19.6 Å². The summed E-state index contributed by atoms with van der Waals surface area (Å²) >= 11 is 5.96. The van der Waals surface area contributed by atoms with Gasteiger partial charge >= 0.3 is 0 Å². The molecular weight excluding hydrogens is 414 g/mol. The minimum atomic E-state index is 0.0637. The van der Waals surface area contributed by atoms with Gasteiger partial charge in [0.25, 0.3) is 0 Å². The van der Waals surface area contributed by atoms with Crippen molar-refractivity contribution in [2.24, 2.45) is 0 Å². The lowest BCUT2D eigenvalue weighted by molar-refractivity contribution is -0.137. The quantitative estimate of drug-likeness (QED) is 0.713. The summed E-state index contributed by atoms with van der Waals surface area (Å²) in [6.07, 6.45) is 2.34. The molecule has 1 aromatic heterocycles. The zero-order valence-corrected chi connectivity index (χ0v) is 18.4. The molecule has 7 nitrogen and oxygen atoms in total. The molecule has 2 amide bonds. The van der Waals surface area contributed by atoms with E-state index in [1.54, 1.807) is 6.20 Å².